The molecule has 0 heterocycles. The molecule has 21 heavy (non-hydrogen) atoms. The lowest BCUT2D eigenvalue weighted by Crippen LogP contribution is -2.34. The second-order valence-electron chi connectivity index (χ2n) is 4.78. The maximum atomic E-state index is 13.5. The van der Waals surface area contributed by atoms with Gasteiger partial charge in [-0.1, -0.05) is 13.8 Å². The molecule has 120 valence electrons. The molecule has 0 aliphatic heterocycles. The summed E-state index contributed by atoms with van der Waals surface area (Å²) in [5, 5.41) is 3.09. The van der Waals surface area contributed by atoms with Crippen LogP contribution in [0.1, 0.15) is 20.8 Å². The molecule has 0 fully saturated rings. The molecule has 0 amide bonds. The van der Waals surface area contributed by atoms with Gasteiger partial charge in [-0.05, 0) is 20.0 Å². The number of nitrogens with two attached hydrogens (primary N) is 1. The largest absolute Gasteiger partial charge is 0.432 e. The van der Waals surface area contributed by atoms with Crippen LogP contribution in [0.5, 0.6) is 5.75 Å². The van der Waals surface area contributed by atoms with Crippen molar-refractivity contribution in [2.24, 2.45) is 0 Å². The molecule has 1 unspecified atom stereocenters. The summed E-state index contributed by atoms with van der Waals surface area (Å²) in [6.07, 6.45) is 0. The van der Waals surface area contributed by atoms with Gasteiger partial charge in [-0.15, -0.1) is 0 Å². The second-order valence-corrected chi connectivity index (χ2v) is 4.78. The van der Waals surface area contributed by atoms with Crippen molar-refractivity contribution < 1.29 is 17.9 Å². The highest BCUT2D eigenvalue weighted by molar-refractivity contribution is 5.69. The summed E-state index contributed by atoms with van der Waals surface area (Å²) in [5.74, 6) is -1.42. The van der Waals surface area contributed by atoms with Crippen LogP contribution in [-0.2, 0) is 0 Å². The summed E-state index contributed by atoms with van der Waals surface area (Å²) in [6.45, 7) is 5.53. The van der Waals surface area contributed by atoms with Crippen LogP contribution in [0.4, 0.5) is 24.5 Å². The van der Waals surface area contributed by atoms with Gasteiger partial charge in [-0.3, -0.25) is 0 Å². The van der Waals surface area contributed by atoms with Crippen LogP contribution in [0.2, 0.25) is 0 Å². The third-order valence-electron chi connectivity index (χ3n) is 3.15. The van der Waals surface area contributed by atoms with Gasteiger partial charge < -0.3 is 20.7 Å². The number of nitrogen functional groups attached to an aromatic ring is 1. The lowest BCUT2D eigenvalue weighted by Gasteiger charge is -2.25. The minimum Gasteiger partial charge on any atom is -0.432 e. The van der Waals surface area contributed by atoms with E-state index in [2.05, 4.69) is 28.8 Å². The summed E-state index contributed by atoms with van der Waals surface area (Å²) in [7, 11) is 0. The van der Waals surface area contributed by atoms with Crippen molar-refractivity contribution in [2.75, 3.05) is 30.7 Å². The average molecular weight is 305 g/mol. The predicted octanol–water partition coefficient (Wildman–Crippen LogP) is 3.15. The van der Waals surface area contributed by atoms with E-state index in [-0.39, 0.29) is 11.7 Å². The molecule has 0 aliphatic rings. The first-order chi connectivity index (χ1) is 9.87. The van der Waals surface area contributed by atoms with E-state index >= 15 is 0 Å². The number of benzene rings is 1. The zero-order valence-corrected chi connectivity index (χ0v) is 12.5. The summed E-state index contributed by atoms with van der Waals surface area (Å²) in [4.78, 5) is 2.20. The van der Waals surface area contributed by atoms with Crippen molar-refractivity contribution in [3.8, 4) is 5.75 Å². The van der Waals surface area contributed by atoms with E-state index in [4.69, 9.17) is 5.73 Å². The van der Waals surface area contributed by atoms with Crippen molar-refractivity contribution in [2.45, 2.75) is 33.4 Å². The molecule has 1 aromatic carbocycles. The molecule has 7 heteroatoms. The number of anilines is 2. The number of nitrogens with zero attached hydrogens (tertiary/aromatic N) is 1. The normalized spacial score (nSPS) is 12.8. The lowest BCUT2D eigenvalue weighted by atomic mass is 10.2. The monoisotopic (exact) mass is 305 g/mol. The van der Waals surface area contributed by atoms with Crippen molar-refractivity contribution >= 4 is 11.4 Å². The highest BCUT2D eigenvalue weighted by Crippen LogP contribution is 2.29. The number of rotatable bonds is 8. The first-order valence-corrected chi connectivity index (χ1v) is 6.90. The van der Waals surface area contributed by atoms with E-state index in [0.29, 0.717) is 5.69 Å². The standard InChI is InChI=1S/C14H22F3N3O/c1-4-20(5-2)8-9(3)19-12-7-13(21-14(16)17)10(15)6-11(12)18/h6-7,9,14,19H,4-5,8,18H2,1-3H3. The Hall–Kier alpha value is -1.63. The van der Waals surface area contributed by atoms with Crippen LogP contribution in [0.15, 0.2) is 12.1 Å². The van der Waals surface area contributed by atoms with E-state index in [0.717, 1.165) is 31.8 Å². The number of ether oxygens (including phenoxy) is 1. The summed E-state index contributed by atoms with van der Waals surface area (Å²) < 4.78 is 42.0. The van der Waals surface area contributed by atoms with Crippen molar-refractivity contribution in [3.63, 3.8) is 0 Å². The molecule has 1 rings (SSSR count). The van der Waals surface area contributed by atoms with E-state index in [1.165, 1.54) is 0 Å². The number of likely N-dealkylation sites (N-methyl/N-ethyl adjacent to an activating group) is 1. The molecule has 4 nitrogen and oxygen atoms in total. The Balaban J connectivity index is 2.82. The van der Waals surface area contributed by atoms with Gasteiger partial charge in [0.25, 0.3) is 0 Å². The topological polar surface area (TPSA) is 50.5 Å². The van der Waals surface area contributed by atoms with Gasteiger partial charge in [0.15, 0.2) is 11.6 Å². The molecule has 0 saturated carbocycles. The first-order valence-electron chi connectivity index (χ1n) is 6.90. The number of halogens is 3. The minimum atomic E-state index is -3.08. The average Bonchev–Trinajstić information content (AvgIpc) is 2.41. The summed E-state index contributed by atoms with van der Waals surface area (Å²) in [5.41, 5.74) is 6.24. The molecule has 3 N–H and O–H groups in total. The number of hydrogen-bond donors (Lipinski definition) is 2. The third-order valence-corrected chi connectivity index (χ3v) is 3.15. The van der Waals surface area contributed by atoms with Crippen LogP contribution in [-0.4, -0.2) is 37.2 Å². The van der Waals surface area contributed by atoms with Gasteiger partial charge in [0, 0.05) is 24.7 Å². The molecule has 1 aromatic rings. The van der Waals surface area contributed by atoms with Crippen molar-refractivity contribution in [1.29, 1.82) is 0 Å². The van der Waals surface area contributed by atoms with E-state index in [1.54, 1.807) is 0 Å². The molecule has 0 radical (unpaired) electrons. The molecule has 0 bridgehead atoms. The maximum absolute atomic E-state index is 13.5. The first kappa shape index (κ1) is 17.4. The van der Waals surface area contributed by atoms with E-state index < -0.39 is 18.2 Å². The summed E-state index contributed by atoms with van der Waals surface area (Å²) in [6, 6.07) is 2.16. The molecule has 0 saturated heterocycles. The Bertz CT molecular complexity index is 453. The quantitative estimate of drug-likeness (QED) is 0.724. The molecular weight excluding hydrogens is 283 g/mol. The Labute approximate surface area is 123 Å². The van der Waals surface area contributed by atoms with Gasteiger partial charge >= 0.3 is 6.61 Å². The molecule has 0 spiro atoms. The van der Waals surface area contributed by atoms with Gasteiger partial charge in [-0.2, -0.15) is 8.78 Å². The highest BCUT2D eigenvalue weighted by atomic mass is 19.3. The zero-order chi connectivity index (χ0) is 16.0. The van der Waals surface area contributed by atoms with Gasteiger partial charge in [0.1, 0.15) is 0 Å². The van der Waals surface area contributed by atoms with Crippen LogP contribution < -0.4 is 15.8 Å². The smallest absolute Gasteiger partial charge is 0.387 e. The predicted molar refractivity (Wildman–Crippen MR) is 78.3 cm³/mol. The van der Waals surface area contributed by atoms with Crippen molar-refractivity contribution in [3.05, 3.63) is 17.9 Å². The van der Waals surface area contributed by atoms with Gasteiger partial charge in [0.05, 0.1) is 11.4 Å². The minimum absolute atomic E-state index is 0.0251. The third kappa shape index (κ3) is 5.34. The lowest BCUT2D eigenvalue weighted by molar-refractivity contribution is -0.0521. The Morgan fingerprint density at radius 2 is 1.90 bits per heavy atom. The Morgan fingerprint density at radius 3 is 2.43 bits per heavy atom. The highest BCUT2D eigenvalue weighted by Gasteiger charge is 2.15. The van der Waals surface area contributed by atoms with E-state index in [9.17, 15) is 13.2 Å². The van der Waals surface area contributed by atoms with Crippen LogP contribution in [0.3, 0.4) is 0 Å². The second kappa shape index (κ2) is 7.97. The number of alkyl halides is 2. The zero-order valence-electron chi connectivity index (χ0n) is 12.5. The van der Waals surface area contributed by atoms with Crippen LogP contribution in [0.25, 0.3) is 0 Å². The fourth-order valence-corrected chi connectivity index (χ4v) is 2.06. The fraction of sp³-hybridized carbons (Fsp3) is 0.571. The van der Waals surface area contributed by atoms with Crippen molar-refractivity contribution in [1.82, 2.24) is 4.90 Å². The van der Waals surface area contributed by atoms with Gasteiger partial charge in [-0.25, -0.2) is 4.39 Å². The molecular formula is C14H22F3N3O. The van der Waals surface area contributed by atoms with Crippen LogP contribution in [0, 0.1) is 5.82 Å². The molecule has 0 aliphatic carbocycles. The number of hydrogen-bond acceptors (Lipinski definition) is 4. The SMILES string of the molecule is CCN(CC)CC(C)Nc1cc(OC(F)F)c(F)cc1N. The van der Waals surface area contributed by atoms with Gasteiger partial charge in [0.2, 0.25) is 0 Å². The Kier molecular flexibility index (Phi) is 6.61. The number of nitrogens with one attached hydrogen (secondary N) is 1. The fourth-order valence-electron chi connectivity index (χ4n) is 2.06. The molecule has 1 atom stereocenters. The van der Waals surface area contributed by atoms with Crippen LogP contribution >= 0.6 is 0 Å². The molecule has 0 aromatic heterocycles. The Morgan fingerprint density at radius 1 is 1.29 bits per heavy atom. The van der Waals surface area contributed by atoms with E-state index in [1.807, 2.05) is 6.92 Å². The summed E-state index contributed by atoms with van der Waals surface area (Å²) >= 11 is 0. The maximum Gasteiger partial charge on any atom is 0.387 e.